The molecule has 1 saturated heterocycles. The highest BCUT2D eigenvalue weighted by molar-refractivity contribution is 5.78. The molecule has 0 aliphatic carbocycles. The highest BCUT2D eigenvalue weighted by Gasteiger charge is 2.23. The number of rotatable bonds is 7. The summed E-state index contributed by atoms with van der Waals surface area (Å²) in [5, 5.41) is 3.08. The number of hydrogen-bond acceptors (Lipinski definition) is 4. The van der Waals surface area contributed by atoms with Gasteiger partial charge in [0.25, 0.3) is 0 Å². The fourth-order valence-electron chi connectivity index (χ4n) is 3.58. The van der Waals surface area contributed by atoms with Gasteiger partial charge in [-0.25, -0.2) is 0 Å². The summed E-state index contributed by atoms with van der Waals surface area (Å²) in [4.78, 5) is 18.2. The molecule has 0 unspecified atom stereocenters. The first kappa shape index (κ1) is 17.5. The standard InChI is InChI=1S/C22H23N3O2/c26-22-9-8-20(24-22)16-25(15-18-5-2-10-23-13-18)14-17-4-1-6-19(12-17)21-7-3-11-27-21/h1-7,10-13,20H,8-9,14-16H2,(H,24,26)/t20-/m0/s1. The van der Waals surface area contributed by atoms with Crippen LogP contribution in [0.1, 0.15) is 24.0 Å². The van der Waals surface area contributed by atoms with Gasteiger partial charge >= 0.3 is 0 Å². The normalized spacial score (nSPS) is 16.6. The van der Waals surface area contributed by atoms with Gasteiger partial charge in [-0.15, -0.1) is 0 Å². The molecule has 3 aromatic rings. The van der Waals surface area contributed by atoms with Crippen LogP contribution in [0.2, 0.25) is 0 Å². The summed E-state index contributed by atoms with van der Waals surface area (Å²) in [5.74, 6) is 1.03. The fraction of sp³-hybridized carbons (Fsp3) is 0.273. The minimum absolute atomic E-state index is 0.154. The Hall–Kier alpha value is -2.92. The summed E-state index contributed by atoms with van der Waals surface area (Å²) < 4.78 is 5.53. The monoisotopic (exact) mass is 361 g/mol. The lowest BCUT2D eigenvalue weighted by atomic mass is 10.1. The Morgan fingerprint density at radius 2 is 2.00 bits per heavy atom. The molecule has 1 aliphatic rings. The second-order valence-electron chi connectivity index (χ2n) is 7.01. The molecular formula is C22H23N3O2. The van der Waals surface area contributed by atoms with Gasteiger partial charge in [0.15, 0.2) is 0 Å². The minimum atomic E-state index is 0.154. The molecule has 1 amide bonds. The van der Waals surface area contributed by atoms with Crippen molar-refractivity contribution in [3.8, 4) is 11.3 Å². The summed E-state index contributed by atoms with van der Waals surface area (Å²) in [5.41, 5.74) is 3.47. The molecule has 1 atom stereocenters. The van der Waals surface area contributed by atoms with Crippen LogP contribution in [0, 0.1) is 0 Å². The zero-order valence-electron chi connectivity index (χ0n) is 15.2. The van der Waals surface area contributed by atoms with Crippen molar-refractivity contribution < 1.29 is 9.21 Å². The van der Waals surface area contributed by atoms with Crippen LogP contribution in [-0.2, 0) is 17.9 Å². The van der Waals surface area contributed by atoms with Gasteiger partial charge in [0.2, 0.25) is 5.91 Å². The molecule has 1 fully saturated rings. The van der Waals surface area contributed by atoms with E-state index in [1.165, 1.54) is 11.1 Å². The molecule has 5 nitrogen and oxygen atoms in total. The number of carbonyl (C=O) groups excluding carboxylic acids is 1. The number of benzene rings is 1. The Morgan fingerprint density at radius 3 is 2.74 bits per heavy atom. The van der Waals surface area contributed by atoms with Gasteiger partial charge in [-0.2, -0.15) is 0 Å². The van der Waals surface area contributed by atoms with Crippen LogP contribution >= 0.6 is 0 Å². The first-order chi connectivity index (χ1) is 13.3. The first-order valence-electron chi connectivity index (χ1n) is 9.30. The quantitative estimate of drug-likeness (QED) is 0.698. The predicted molar refractivity (Wildman–Crippen MR) is 104 cm³/mol. The molecule has 1 N–H and O–H groups in total. The Bertz CT molecular complexity index is 878. The molecule has 3 heterocycles. The zero-order chi connectivity index (χ0) is 18.5. The van der Waals surface area contributed by atoms with E-state index in [1.807, 2.05) is 24.4 Å². The molecular weight excluding hydrogens is 338 g/mol. The molecule has 4 rings (SSSR count). The second kappa shape index (κ2) is 8.18. The van der Waals surface area contributed by atoms with Gasteiger partial charge in [0, 0.05) is 50.1 Å². The molecule has 0 bridgehead atoms. The van der Waals surface area contributed by atoms with Gasteiger partial charge in [-0.1, -0.05) is 24.3 Å². The van der Waals surface area contributed by atoms with Crippen molar-refractivity contribution in [1.82, 2.24) is 15.2 Å². The Morgan fingerprint density at radius 1 is 1.11 bits per heavy atom. The van der Waals surface area contributed by atoms with E-state index in [1.54, 1.807) is 12.5 Å². The van der Waals surface area contributed by atoms with Gasteiger partial charge in [0.05, 0.1) is 6.26 Å². The topological polar surface area (TPSA) is 58.4 Å². The maximum absolute atomic E-state index is 11.6. The highest BCUT2D eigenvalue weighted by atomic mass is 16.3. The molecule has 138 valence electrons. The molecule has 27 heavy (non-hydrogen) atoms. The van der Waals surface area contributed by atoms with Crippen molar-refractivity contribution in [3.05, 3.63) is 78.3 Å². The number of furan rings is 1. The third-order valence-corrected chi connectivity index (χ3v) is 4.83. The van der Waals surface area contributed by atoms with E-state index in [-0.39, 0.29) is 11.9 Å². The molecule has 2 aromatic heterocycles. The van der Waals surface area contributed by atoms with E-state index < -0.39 is 0 Å². The summed E-state index contributed by atoms with van der Waals surface area (Å²) in [6.45, 7) is 2.42. The van der Waals surface area contributed by atoms with Crippen molar-refractivity contribution in [2.75, 3.05) is 6.54 Å². The minimum Gasteiger partial charge on any atom is -0.464 e. The summed E-state index contributed by atoms with van der Waals surface area (Å²) >= 11 is 0. The van der Waals surface area contributed by atoms with Crippen LogP contribution in [0.15, 0.2) is 71.6 Å². The van der Waals surface area contributed by atoms with E-state index in [2.05, 4.69) is 45.5 Å². The number of nitrogens with one attached hydrogen (secondary N) is 1. The zero-order valence-corrected chi connectivity index (χ0v) is 15.2. The molecule has 5 heteroatoms. The third kappa shape index (κ3) is 4.63. The Labute approximate surface area is 159 Å². The number of nitrogens with zero attached hydrogens (tertiary/aromatic N) is 2. The Kier molecular flexibility index (Phi) is 5.30. The first-order valence-corrected chi connectivity index (χ1v) is 9.30. The van der Waals surface area contributed by atoms with Crippen molar-refractivity contribution in [2.45, 2.75) is 32.0 Å². The molecule has 0 radical (unpaired) electrons. The van der Waals surface area contributed by atoms with Crippen LogP contribution in [0.4, 0.5) is 0 Å². The lowest BCUT2D eigenvalue weighted by Gasteiger charge is -2.25. The van der Waals surface area contributed by atoms with Gasteiger partial charge in [-0.05, 0) is 41.8 Å². The van der Waals surface area contributed by atoms with Crippen molar-refractivity contribution in [3.63, 3.8) is 0 Å². The molecule has 1 aliphatic heterocycles. The van der Waals surface area contributed by atoms with Crippen molar-refractivity contribution in [1.29, 1.82) is 0 Å². The van der Waals surface area contributed by atoms with Crippen LogP contribution in [0.5, 0.6) is 0 Å². The average molecular weight is 361 g/mol. The molecule has 0 saturated carbocycles. The van der Waals surface area contributed by atoms with Gasteiger partial charge in [0.1, 0.15) is 5.76 Å². The fourth-order valence-corrected chi connectivity index (χ4v) is 3.58. The number of amides is 1. The predicted octanol–water partition coefficient (Wildman–Crippen LogP) is 3.62. The molecule has 0 spiro atoms. The number of hydrogen-bond donors (Lipinski definition) is 1. The van der Waals surface area contributed by atoms with Crippen LogP contribution in [-0.4, -0.2) is 28.4 Å². The largest absolute Gasteiger partial charge is 0.464 e. The lowest BCUT2D eigenvalue weighted by molar-refractivity contribution is -0.119. The van der Waals surface area contributed by atoms with E-state index in [4.69, 9.17) is 4.42 Å². The summed E-state index contributed by atoms with van der Waals surface area (Å²) in [6, 6.07) is 16.6. The van der Waals surface area contributed by atoms with Crippen molar-refractivity contribution >= 4 is 5.91 Å². The van der Waals surface area contributed by atoms with Gasteiger partial charge < -0.3 is 9.73 Å². The molecule has 1 aromatic carbocycles. The number of aromatic nitrogens is 1. The van der Waals surface area contributed by atoms with E-state index in [0.29, 0.717) is 6.42 Å². The van der Waals surface area contributed by atoms with Crippen LogP contribution in [0.3, 0.4) is 0 Å². The number of carbonyl (C=O) groups is 1. The highest BCUT2D eigenvalue weighted by Crippen LogP contribution is 2.22. The SMILES string of the molecule is O=C1CC[C@@H](CN(Cc2cccnc2)Cc2cccc(-c3ccco3)c2)N1. The summed E-state index contributed by atoms with van der Waals surface area (Å²) in [6.07, 6.45) is 6.91. The van der Waals surface area contributed by atoms with Crippen LogP contribution < -0.4 is 5.32 Å². The average Bonchev–Trinajstić information content (AvgIpc) is 3.35. The summed E-state index contributed by atoms with van der Waals surface area (Å²) in [7, 11) is 0. The van der Waals surface area contributed by atoms with Crippen LogP contribution in [0.25, 0.3) is 11.3 Å². The third-order valence-electron chi connectivity index (χ3n) is 4.83. The number of pyridine rings is 1. The second-order valence-corrected chi connectivity index (χ2v) is 7.01. The Balaban J connectivity index is 1.51. The smallest absolute Gasteiger partial charge is 0.220 e. The maximum Gasteiger partial charge on any atom is 0.220 e. The van der Waals surface area contributed by atoms with E-state index in [9.17, 15) is 4.79 Å². The van der Waals surface area contributed by atoms with E-state index >= 15 is 0 Å². The van der Waals surface area contributed by atoms with Crippen molar-refractivity contribution in [2.24, 2.45) is 0 Å². The maximum atomic E-state index is 11.6. The lowest BCUT2D eigenvalue weighted by Crippen LogP contribution is -2.38. The van der Waals surface area contributed by atoms with E-state index in [0.717, 1.165) is 37.4 Å². The van der Waals surface area contributed by atoms with Gasteiger partial charge in [-0.3, -0.25) is 14.7 Å².